The van der Waals surface area contributed by atoms with E-state index in [0.717, 1.165) is 5.69 Å². The molecular formula is C22H26FN3O2. The van der Waals surface area contributed by atoms with Crippen molar-refractivity contribution in [3.63, 3.8) is 0 Å². The minimum atomic E-state index is -0.565. The third-order valence-electron chi connectivity index (χ3n) is 5.04. The maximum absolute atomic E-state index is 13.1. The summed E-state index contributed by atoms with van der Waals surface area (Å²) in [6.45, 7) is 6.36. The highest BCUT2D eigenvalue weighted by molar-refractivity contribution is 5.97. The number of hydrogen-bond donors (Lipinski definition) is 1. The highest BCUT2D eigenvalue weighted by Crippen LogP contribution is 2.18. The lowest BCUT2D eigenvalue weighted by Gasteiger charge is -2.38. The van der Waals surface area contributed by atoms with E-state index in [2.05, 4.69) is 10.2 Å². The van der Waals surface area contributed by atoms with Gasteiger partial charge in [-0.25, -0.2) is 4.39 Å². The van der Waals surface area contributed by atoms with Crippen molar-refractivity contribution in [1.82, 2.24) is 10.2 Å². The quantitative estimate of drug-likeness (QED) is 0.864. The first-order valence-electron chi connectivity index (χ1n) is 9.61. The maximum atomic E-state index is 13.1. The van der Waals surface area contributed by atoms with Crippen LogP contribution in [0.25, 0.3) is 0 Å². The number of amides is 2. The zero-order valence-corrected chi connectivity index (χ0v) is 16.3. The summed E-state index contributed by atoms with van der Waals surface area (Å²) >= 11 is 0. The molecule has 0 aromatic heterocycles. The van der Waals surface area contributed by atoms with E-state index in [1.54, 1.807) is 41.3 Å². The van der Waals surface area contributed by atoms with Gasteiger partial charge in [-0.2, -0.15) is 0 Å². The predicted octanol–water partition coefficient (Wildman–Crippen LogP) is 2.93. The molecule has 1 N–H and O–H groups in total. The number of halogens is 1. The van der Waals surface area contributed by atoms with Gasteiger partial charge in [0.2, 0.25) is 5.91 Å². The first-order chi connectivity index (χ1) is 13.5. The van der Waals surface area contributed by atoms with Crippen LogP contribution in [-0.2, 0) is 4.79 Å². The van der Waals surface area contributed by atoms with Gasteiger partial charge in [0.25, 0.3) is 5.91 Å². The van der Waals surface area contributed by atoms with Gasteiger partial charge in [-0.3, -0.25) is 9.59 Å². The molecule has 0 spiro atoms. The number of benzene rings is 2. The predicted molar refractivity (Wildman–Crippen MR) is 108 cm³/mol. The van der Waals surface area contributed by atoms with Gasteiger partial charge in [0, 0.05) is 37.4 Å². The number of carbonyl (C=O) groups excluding carboxylic acids is 2. The van der Waals surface area contributed by atoms with Crippen molar-refractivity contribution >= 4 is 17.5 Å². The van der Waals surface area contributed by atoms with Crippen molar-refractivity contribution in [3.05, 3.63) is 66.0 Å². The van der Waals surface area contributed by atoms with Gasteiger partial charge in [0.15, 0.2) is 0 Å². The Hall–Kier alpha value is -2.89. The summed E-state index contributed by atoms with van der Waals surface area (Å²) in [5, 5.41) is 2.89. The van der Waals surface area contributed by atoms with Crippen LogP contribution in [0, 0.1) is 11.7 Å². The Balaban J connectivity index is 1.61. The van der Waals surface area contributed by atoms with Crippen LogP contribution in [0.2, 0.25) is 0 Å². The summed E-state index contributed by atoms with van der Waals surface area (Å²) in [6.07, 6.45) is 0. The fraction of sp³-hybridized carbons (Fsp3) is 0.364. The van der Waals surface area contributed by atoms with E-state index < -0.39 is 6.04 Å². The number of nitrogens with one attached hydrogen (secondary N) is 1. The van der Waals surface area contributed by atoms with Crippen LogP contribution >= 0.6 is 0 Å². The van der Waals surface area contributed by atoms with Crippen molar-refractivity contribution in [1.29, 1.82) is 0 Å². The summed E-state index contributed by atoms with van der Waals surface area (Å²) in [4.78, 5) is 29.5. The number of carbonyl (C=O) groups is 2. The second-order valence-corrected chi connectivity index (χ2v) is 7.35. The zero-order valence-electron chi connectivity index (χ0n) is 16.3. The molecule has 0 saturated carbocycles. The Morgan fingerprint density at radius 3 is 2.11 bits per heavy atom. The monoisotopic (exact) mass is 383 g/mol. The molecule has 148 valence electrons. The van der Waals surface area contributed by atoms with Gasteiger partial charge < -0.3 is 15.1 Å². The molecule has 1 unspecified atom stereocenters. The van der Waals surface area contributed by atoms with Crippen molar-refractivity contribution in [2.45, 2.75) is 19.9 Å². The highest BCUT2D eigenvalue weighted by atomic mass is 19.1. The van der Waals surface area contributed by atoms with E-state index in [4.69, 9.17) is 0 Å². The molecule has 1 saturated heterocycles. The Bertz CT molecular complexity index is 800. The molecular weight excluding hydrogens is 357 g/mol. The Morgan fingerprint density at radius 2 is 1.54 bits per heavy atom. The van der Waals surface area contributed by atoms with E-state index in [9.17, 15) is 14.0 Å². The molecule has 1 aliphatic rings. The molecule has 2 aromatic carbocycles. The minimum absolute atomic E-state index is 0.0182. The molecule has 2 amide bonds. The van der Waals surface area contributed by atoms with Gasteiger partial charge in [-0.1, -0.05) is 32.0 Å². The van der Waals surface area contributed by atoms with Crippen molar-refractivity contribution < 1.29 is 14.0 Å². The number of hydrogen-bond acceptors (Lipinski definition) is 3. The Labute approximate surface area is 165 Å². The summed E-state index contributed by atoms with van der Waals surface area (Å²) in [7, 11) is 0. The average Bonchev–Trinajstić information content (AvgIpc) is 2.72. The molecule has 1 heterocycles. The SMILES string of the molecule is CC(C)C(NC(=O)c1ccccc1)C(=O)N1CCN(c2ccc(F)cc2)CC1. The first kappa shape index (κ1) is 19.9. The number of rotatable bonds is 5. The van der Waals surface area contributed by atoms with Crippen molar-refractivity contribution in [2.75, 3.05) is 31.1 Å². The number of piperazine rings is 1. The van der Waals surface area contributed by atoms with Gasteiger partial charge in [-0.15, -0.1) is 0 Å². The van der Waals surface area contributed by atoms with E-state index in [-0.39, 0.29) is 23.5 Å². The minimum Gasteiger partial charge on any atom is -0.368 e. The maximum Gasteiger partial charge on any atom is 0.251 e. The van der Waals surface area contributed by atoms with Gasteiger partial charge in [0.1, 0.15) is 11.9 Å². The summed E-state index contributed by atoms with van der Waals surface area (Å²) in [5.41, 5.74) is 1.49. The van der Waals surface area contributed by atoms with Crippen LogP contribution in [0.3, 0.4) is 0 Å². The van der Waals surface area contributed by atoms with Crippen LogP contribution in [-0.4, -0.2) is 48.9 Å². The van der Waals surface area contributed by atoms with E-state index >= 15 is 0 Å². The molecule has 5 nitrogen and oxygen atoms in total. The van der Waals surface area contributed by atoms with Crippen LogP contribution in [0.1, 0.15) is 24.2 Å². The third-order valence-corrected chi connectivity index (χ3v) is 5.04. The number of anilines is 1. The topological polar surface area (TPSA) is 52.7 Å². The molecule has 0 bridgehead atoms. The molecule has 1 fully saturated rings. The van der Waals surface area contributed by atoms with Crippen molar-refractivity contribution in [3.8, 4) is 0 Å². The second kappa shape index (κ2) is 8.87. The van der Waals surface area contributed by atoms with Gasteiger partial charge in [-0.05, 0) is 42.3 Å². The molecule has 1 atom stereocenters. The number of nitrogens with zero attached hydrogens (tertiary/aromatic N) is 2. The van der Waals surface area contributed by atoms with Crippen molar-refractivity contribution in [2.24, 2.45) is 5.92 Å². The molecule has 2 aromatic rings. The fourth-order valence-corrected chi connectivity index (χ4v) is 3.36. The van der Waals surface area contributed by atoms with E-state index in [1.165, 1.54) is 12.1 Å². The summed E-state index contributed by atoms with van der Waals surface area (Å²) < 4.78 is 13.1. The molecule has 1 aliphatic heterocycles. The molecule has 28 heavy (non-hydrogen) atoms. The lowest BCUT2D eigenvalue weighted by molar-refractivity contribution is -0.134. The molecule has 3 rings (SSSR count). The normalized spacial score (nSPS) is 15.4. The standard InChI is InChI=1S/C22H26FN3O2/c1-16(2)20(24-21(27)17-6-4-3-5-7-17)22(28)26-14-12-25(13-15-26)19-10-8-18(23)9-11-19/h3-11,16,20H,12-15H2,1-2H3,(H,24,27). The second-order valence-electron chi connectivity index (χ2n) is 7.35. The Morgan fingerprint density at radius 1 is 0.929 bits per heavy atom. The fourth-order valence-electron chi connectivity index (χ4n) is 3.36. The molecule has 6 heteroatoms. The first-order valence-corrected chi connectivity index (χ1v) is 9.61. The van der Waals surface area contributed by atoms with Gasteiger partial charge >= 0.3 is 0 Å². The van der Waals surface area contributed by atoms with E-state index in [1.807, 2.05) is 19.9 Å². The highest BCUT2D eigenvalue weighted by Gasteiger charge is 2.31. The summed E-state index contributed by atoms with van der Waals surface area (Å²) in [5.74, 6) is -0.572. The zero-order chi connectivity index (χ0) is 20.1. The lowest BCUT2D eigenvalue weighted by atomic mass is 10.0. The largest absolute Gasteiger partial charge is 0.368 e. The van der Waals surface area contributed by atoms with Crippen LogP contribution in [0.5, 0.6) is 0 Å². The average molecular weight is 383 g/mol. The summed E-state index contributed by atoms with van der Waals surface area (Å²) in [6, 6.07) is 14.8. The van der Waals surface area contributed by atoms with Crippen LogP contribution in [0.4, 0.5) is 10.1 Å². The Kier molecular flexibility index (Phi) is 6.29. The van der Waals surface area contributed by atoms with E-state index in [0.29, 0.717) is 31.7 Å². The van der Waals surface area contributed by atoms with Gasteiger partial charge in [0.05, 0.1) is 0 Å². The lowest BCUT2D eigenvalue weighted by Crippen LogP contribution is -2.56. The third kappa shape index (κ3) is 4.68. The molecule has 0 radical (unpaired) electrons. The van der Waals surface area contributed by atoms with Crippen LogP contribution < -0.4 is 10.2 Å². The van der Waals surface area contributed by atoms with Crippen LogP contribution in [0.15, 0.2) is 54.6 Å². The molecule has 0 aliphatic carbocycles. The smallest absolute Gasteiger partial charge is 0.251 e.